The van der Waals surface area contributed by atoms with Crippen molar-refractivity contribution in [2.75, 3.05) is 16.6 Å². The van der Waals surface area contributed by atoms with E-state index in [2.05, 4.69) is 15.9 Å². The van der Waals surface area contributed by atoms with Gasteiger partial charge in [0.05, 0.1) is 28.5 Å². The average Bonchev–Trinajstić information content (AvgIpc) is 3.35. The minimum Gasteiger partial charge on any atom is -0.503 e. The number of imide groups is 1. The number of halogens is 2. The summed E-state index contributed by atoms with van der Waals surface area (Å²) in [4.78, 5) is 34.7. The number of ether oxygens (including phenoxy) is 1. The minimum atomic E-state index is -1.02. The van der Waals surface area contributed by atoms with Crippen LogP contribution in [0, 0.1) is 12.8 Å². The van der Waals surface area contributed by atoms with Gasteiger partial charge in [-0.05, 0) is 77.3 Å². The number of nitrogens with zero attached hydrogens (tertiary/aromatic N) is 2. The highest BCUT2D eigenvalue weighted by atomic mass is 79.9. The number of para-hydroxylation sites is 1. The Bertz CT molecular complexity index is 1320. The molecular weight excluding hydrogens is 536 g/mol. The van der Waals surface area contributed by atoms with Gasteiger partial charge in [0, 0.05) is 5.02 Å². The van der Waals surface area contributed by atoms with Gasteiger partial charge in [-0.3, -0.25) is 14.4 Å². The summed E-state index contributed by atoms with van der Waals surface area (Å²) in [5.74, 6) is -1.42. The first-order valence-electron chi connectivity index (χ1n) is 11.1. The van der Waals surface area contributed by atoms with Crippen molar-refractivity contribution in [1.29, 1.82) is 0 Å². The topological polar surface area (TPSA) is 79.3 Å². The van der Waals surface area contributed by atoms with Gasteiger partial charge in [0.1, 0.15) is 5.92 Å². The molecule has 2 fully saturated rings. The summed E-state index contributed by atoms with van der Waals surface area (Å²) in [7, 11) is 0. The number of carbonyl (C=O) groups is 2. The number of carbonyl (C=O) groups excluding carboxylic acids is 2. The summed E-state index contributed by atoms with van der Waals surface area (Å²) in [5.41, 5.74) is 2.43. The van der Waals surface area contributed by atoms with Crippen LogP contribution >= 0.6 is 27.5 Å². The molecule has 0 saturated carbocycles. The number of benzene rings is 3. The Kier molecular flexibility index (Phi) is 6.21. The molecule has 2 aliphatic heterocycles. The van der Waals surface area contributed by atoms with Crippen molar-refractivity contribution in [3.05, 3.63) is 81.3 Å². The van der Waals surface area contributed by atoms with Crippen LogP contribution in [0.3, 0.4) is 0 Å². The van der Waals surface area contributed by atoms with E-state index in [1.807, 2.05) is 37.3 Å². The second-order valence-electron chi connectivity index (χ2n) is 8.34. The van der Waals surface area contributed by atoms with Crippen molar-refractivity contribution in [2.45, 2.75) is 26.0 Å². The molecule has 2 aliphatic rings. The van der Waals surface area contributed by atoms with Gasteiger partial charge < -0.3 is 9.84 Å². The van der Waals surface area contributed by atoms with Gasteiger partial charge in [-0.25, -0.2) is 9.96 Å². The van der Waals surface area contributed by atoms with Crippen molar-refractivity contribution < 1.29 is 24.3 Å². The van der Waals surface area contributed by atoms with Crippen LogP contribution in [0.25, 0.3) is 0 Å². The van der Waals surface area contributed by atoms with Gasteiger partial charge in [-0.1, -0.05) is 35.9 Å². The summed E-state index contributed by atoms with van der Waals surface area (Å²) >= 11 is 9.67. The summed E-state index contributed by atoms with van der Waals surface area (Å²) in [5, 5.41) is 12.5. The molecule has 0 aliphatic carbocycles. The van der Waals surface area contributed by atoms with E-state index in [1.54, 1.807) is 42.3 Å². The highest BCUT2D eigenvalue weighted by Gasteiger charge is 2.60. The molecule has 9 heteroatoms. The summed E-state index contributed by atoms with van der Waals surface area (Å²) in [6.07, 6.45) is -1.02. The number of hydroxylamine groups is 1. The van der Waals surface area contributed by atoms with Gasteiger partial charge in [-0.2, -0.15) is 0 Å². The first kappa shape index (κ1) is 23.7. The molecule has 3 atom stereocenters. The molecule has 180 valence electrons. The quantitative estimate of drug-likeness (QED) is 0.414. The fourth-order valence-electron chi connectivity index (χ4n) is 4.66. The highest BCUT2D eigenvalue weighted by Crippen LogP contribution is 2.50. The molecule has 3 aromatic carbocycles. The standard InChI is InChI=1S/C26H22BrClN2O5/c1-3-34-20-13-15(12-17(27)23(20)31)22-21-24(35-30(22)16-8-5-4-6-9-16)26(33)29(25(21)32)19-11-7-10-18(28)14(19)2/h4-13,21-22,24,31H,3H2,1-2H3/t21-,22-,24+/m1/s1. The average molecular weight is 558 g/mol. The number of anilines is 2. The van der Waals surface area contributed by atoms with E-state index in [4.69, 9.17) is 21.2 Å². The van der Waals surface area contributed by atoms with Crippen LogP contribution < -0.4 is 14.7 Å². The largest absolute Gasteiger partial charge is 0.503 e. The molecule has 35 heavy (non-hydrogen) atoms. The van der Waals surface area contributed by atoms with Gasteiger partial charge in [0.15, 0.2) is 17.6 Å². The minimum absolute atomic E-state index is 0.0395. The number of hydrogen-bond acceptors (Lipinski definition) is 6. The van der Waals surface area contributed by atoms with Gasteiger partial charge in [-0.15, -0.1) is 0 Å². The molecule has 0 spiro atoms. The van der Waals surface area contributed by atoms with Crippen LogP contribution in [0.1, 0.15) is 24.1 Å². The Balaban J connectivity index is 1.64. The summed E-state index contributed by atoms with van der Waals surface area (Å²) in [6, 6.07) is 17.1. The summed E-state index contributed by atoms with van der Waals surface area (Å²) in [6.45, 7) is 3.93. The predicted molar refractivity (Wildman–Crippen MR) is 136 cm³/mol. The van der Waals surface area contributed by atoms with Gasteiger partial charge >= 0.3 is 0 Å². The molecule has 0 bridgehead atoms. The maximum atomic E-state index is 13.8. The smallest absolute Gasteiger partial charge is 0.266 e. The third kappa shape index (κ3) is 3.86. The molecule has 2 heterocycles. The zero-order valence-electron chi connectivity index (χ0n) is 18.9. The van der Waals surface area contributed by atoms with E-state index in [0.29, 0.717) is 38.6 Å². The Morgan fingerprint density at radius 1 is 1.09 bits per heavy atom. The third-order valence-electron chi connectivity index (χ3n) is 6.30. The normalized spacial score (nSPS) is 21.5. The molecule has 5 rings (SSSR count). The lowest BCUT2D eigenvalue weighted by atomic mass is 9.90. The molecule has 0 radical (unpaired) electrons. The van der Waals surface area contributed by atoms with Crippen LogP contribution in [-0.2, 0) is 14.4 Å². The number of phenols is 1. The molecule has 0 aromatic heterocycles. The molecular formula is C26H22BrClN2O5. The summed E-state index contributed by atoms with van der Waals surface area (Å²) < 4.78 is 6.03. The van der Waals surface area contributed by atoms with E-state index in [1.165, 1.54) is 4.90 Å². The number of rotatable bonds is 5. The molecule has 7 nitrogen and oxygen atoms in total. The molecule has 1 N–H and O–H groups in total. The molecule has 2 saturated heterocycles. The number of aromatic hydroxyl groups is 1. The van der Waals surface area contributed by atoms with E-state index in [0.717, 1.165) is 0 Å². The Morgan fingerprint density at radius 2 is 1.83 bits per heavy atom. The van der Waals surface area contributed by atoms with Crippen LogP contribution in [0.15, 0.2) is 65.1 Å². The number of hydrogen-bond donors (Lipinski definition) is 1. The lowest BCUT2D eigenvalue weighted by Gasteiger charge is -2.29. The second kappa shape index (κ2) is 9.18. The maximum absolute atomic E-state index is 13.8. The van der Waals surface area contributed by atoms with E-state index in [9.17, 15) is 14.7 Å². The van der Waals surface area contributed by atoms with Crippen molar-refractivity contribution in [3.63, 3.8) is 0 Å². The predicted octanol–water partition coefficient (Wildman–Crippen LogP) is 5.57. The lowest BCUT2D eigenvalue weighted by molar-refractivity contribution is -0.126. The van der Waals surface area contributed by atoms with Crippen LogP contribution in [-0.4, -0.2) is 29.6 Å². The Labute approximate surface area is 215 Å². The third-order valence-corrected chi connectivity index (χ3v) is 7.31. The molecule has 0 unspecified atom stereocenters. The van der Waals surface area contributed by atoms with Gasteiger partial charge in [0.2, 0.25) is 5.91 Å². The number of phenolic OH excluding ortho intramolecular Hbond substituents is 1. The van der Waals surface area contributed by atoms with E-state index in [-0.39, 0.29) is 17.4 Å². The zero-order chi connectivity index (χ0) is 24.9. The van der Waals surface area contributed by atoms with E-state index >= 15 is 0 Å². The second-order valence-corrected chi connectivity index (χ2v) is 9.60. The monoisotopic (exact) mass is 556 g/mol. The maximum Gasteiger partial charge on any atom is 0.266 e. The molecule has 2 amide bonds. The Morgan fingerprint density at radius 3 is 2.54 bits per heavy atom. The number of amides is 2. The van der Waals surface area contributed by atoms with E-state index < -0.39 is 24.0 Å². The number of fused-ring (bicyclic) bond motifs is 1. The SMILES string of the molecule is CCOc1cc([C@@H]2[C@H]3C(=O)N(c4cccc(Cl)c4C)C(=O)[C@H]3ON2c2ccccc2)cc(Br)c1O. The fourth-order valence-corrected chi connectivity index (χ4v) is 5.29. The fraction of sp³-hybridized carbons (Fsp3) is 0.231. The van der Waals surface area contributed by atoms with Crippen LogP contribution in [0.2, 0.25) is 5.02 Å². The van der Waals surface area contributed by atoms with Crippen LogP contribution in [0.4, 0.5) is 11.4 Å². The first-order chi connectivity index (χ1) is 16.8. The van der Waals surface area contributed by atoms with Gasteiger partial charge in [0.25, 0.3) is 5.91 Å². The molecule has 3 aromatic rings. The first-order valence-corrected chi connectivity index (χ1v) is 12.3. The van der Waals surface area contributed by atoms with Crippen molar-refractivity contribution in [1.82, 2.24) is 0 Å². The zero-order valence-corrected chi connectivity index (χ0v) is 21.3. The lowest BCUT2D eigenvalue weighted by Crippen LogP contribution is -2.37. The van der Waals surface area contributed by atoms with Crippen molar-refractivity contribution in [3.8, 4) is 11.5 Å². The van der Waals surface area contributed by atoms with Crippen LogP contribution in [0.5, 0.6) is 11.5 Å². The van der Waals surface area contributed by atoms with Crippen molar-refractivity contribution in [2.24, 2.45) is 5.92 Å². The highest BCUT2D eigenvalue weighted by molar-refractivity contribution is 9.10. The van der Waals surface area contributed by atoms with Crippen molar-refractivity contribution >= 4 is 50.7 Å². The Hall–Kier alpha value is -3.07.